The SMILES string of the molecule is COc1cc(O)c2c(=O)cc(-c3ccc(OC4OC(OC)C(O)C(O)C4OC4OC(C)C(O)C(O)C4O)cc3)oc2c1. The van der Waals surface area contributed by atoms with Crippen LogP contribution in [0.1, 0.15) is 6.92 Å². The Morgan fingerprint density at radius 3 is 2.12 bits per heavy atom. The molecule has 14 heteroatoms. The van der Waals surface area contributed by atoms with E-state index < -0.39 is 67.0 Å². The van der Waals surface area contributed by atoms with E-state index in [0.29, 0.717) is 11.3 Å². The highest BCUT2D eigenvalue weighted by Crippen LogP contribution is 2.33. The Morgan fingerprint density at radius 1 is 0.762 bits per heavy atom. The van der Waals surface area contributed by atoms with Crippen LogP contribution in [0.3, 0.4) is 0 Å². The number of ether oxygens (including phenoxy) is 6. The van der Waals surface area contributed by atoms with Crippen molar-refractivity contribution in [2.75, 3.05) is 14.2 Å². The van der Waals surface area contributed by atoms with E-state index in [4.69, 9.17) is 32.8 Å². The third-order valence-electron chi connectivity index (χ3n) is 7.24. The summed E-state index contributed by atoms with van der Waals surface area (Å²) in [5.41, 5.74) is 0.161. The van der Waals surface area contributed by atoms with E-state index in [0.717, 1.165) is 0 Å². The van der Waals surface area contributed by atoms with Crippen LogP contribution in [0.25, 0.3) is 22.3 Å². The second kappa shape index (κ2) is 12.1. The number of methoxy groups -OCH3 is 2. The van der Waals surface area contributed by atoms with Crippen molar-refractivity contribution in [2.45, 2.75) is 68.5 Å². The van der Waals surface area contributed by atoms with E-state index >= 15 is 0 Å². The van der Waals surface area contributed by atoms with Crippen LogP contribution in [-0.2, 0) is 18.9 Å². The van der Waals surface area contributed by atoms with Crippen molar-refractivity contribution in [2.24, 2.45) is 0 Å². The summed E-state index contributed by atoms with van der Waals surface area (Å²) in [6, 6.07) is 10.3. The summed E-state index contributed by atoms with van der Waals surface area (Å²) in [4.78, 5) is 12.7. The third kappa shape index (κ3) is 5.68. The molecule has 42 heavy (non-hydrogen) atoms. The number of hydrogen-bond acceptors (Lipinski definition) is 14. The van der Waals surface area contributed by atoms with Crippen LogP contribution < -0.4 is 14.9 Å². The van der Waals surface area contributed by atoms with E-state index in [1.807, 2.05) is 0 Å². The average molecular weight is 593 g/mol. The average Bonchev–Trinajstić information content (AvgIpc) is 2.98. The fraction of sp³-hybridized carbons (Fsp3) is 0.464. The lowest BCUT2D eigenvalue weighted by Crippen LogP contribution is -2.64. The van der Waals surface area contributed by atoms with Gasteiger partial charge in [-0.1, -0.05) is 0 Å². The second-order valence-corrected chi connectivity index (χ2v) is 10.0. The van der Waals surface area contributed by atoms with Crippen molar-refractivity contribution in [3.8, 4) is 28.6 Å². The number of aromatic hydroxyl groups is 1. The Bertz CT molecular complexity index is 1440. The van der Waals surface area contributed by atoms with Gasteiger partial charge in [0.15, 0.2) is 24.1 Å². The smallest absolute Gasteiger partial charge is 0.231 e. The zero-order chi connectivity index (χ0) is 30.3. The normalized spacial score (nSPS) is 33.4. The molecule has 2 aliphatic heterocycles. The van der Waals surface area contributed by atoms with Crippen LogP contribution >= 0.6 is 0 Å². The molecule has 10 unspecified atom stereocenters. The van der Waals surface area contributed by atoms with Gasteiger partial charge in [0.2, 0.25) is 6.29 Å². The van der Waals surface area contributed by atoms with Crippen molar-refractivity contribution in [1.29, 1.82) is 0 Å². The largest absolute Gasteiger partial charge is 0.507 e. The topological polar surface area (TPSA) is 207 Å². The molecule has 3 aromatic rings. The molecule has 0 spiro atoms. The maximum atomic E-state index is 12.7. The van der Waals surface area contributed by atoms with Crippen molar-refractivity contribution in [3.05, 3.63) is 52.7 Å². The molecule has 0 radical (unpaired) electrons. The minimum absolute atomic E-state index is 0.0110. The maximum absolute atomic E-state index is 12.7. The van der Waals surface area contributed by atoms with Crippen LogP contribution in [0.4, 0.5) is 0 Å². The van der Waals surface area contributed by atoms with Gasteiger partial charge >= 0.3 is 0 Å². The van der Waals surface area contributed by atoms with E-state index in [2.05, 4.69) is 0 Å². The minimum atomic E-state index is -1.68. The Balaban J connectivity index is 1.39. The van der Waals surface area contributed by atoms with E-state index in [-0.39, 0.29) is 28.2 Å². The zero-order valence-corrected chi connectivity index (χ0v) is 22.8. The molecule has 3 heterocycles. The van der Waals surface area contributed by atoms with Gasteiger partial charge in [-0.2, -0.15) is 0 Å². The zero-order valence-electron chi connectivity index (χ0n) is 22.8. The van der Waals surface area contributed by atoms with Crippen molar-refractivity contribution in [3.63, 3.8) is 0 Å². The third-order valence-corrected chi connectivity index (χ3v) is 7.24. The standard InChI is InChI=1S/C28H32O14/c1-11-20(31)21(32)23(34)27(38-11)41-25-22(33)24(35)26(37-3)42-28(25)39-13-6-4-12(5-7-13)17-10-16(30)19-15(29)8-14(36-2)9-18(19)40-17/h4-11,20-29,31-35H,1-3H3. The fourth-order valence-electron chi connectivity index (χ4n) is 4.86. The van der Waals surface area contributed by atoms with Gasteiger partial charge in [-0.15, -0.1) is 0 Å². The number of aliphatic hydroxyl groups is 5. The summed E-state index contributed by atoms with van der Waals surface area (Å²) < 4.78 is 38.9. The predicted molar refractivity (Wildman–Crippen MR) is 142 cm³/mol. The van der Waals surface area contributed by atoms with Crippen LogP contribution in [0.2, 0.25) is 0 Å². The number of phenols is 1. The molecule has 14 nitrogen and oxygen atoms in total. The highest BCUT2D eigenvalue weighted by atomic mass is 16.8. The lowest BCUT2D eigenvalue weighted by molar-refractivity contribution is -0.374. The van der Waals surface area contributed by atoms with Crippen LogP contribution in [0.5, 0.6) is 17.2 Å². The minimum Gasteiger partial charge on any atom is -0.507 e. The maximum Gasteiger partial charge on any atom is 0.231 e. The van der Waals surface area contributed by atoms with Gasteiger partial charge in [0, 0.05) is 30.9 Å². The van der Waals surface area contributed by atoms with Crippen LogP contribution in [0.15, 0.2) is 51.7 Å². The monoisotopic (exact) mass is 592 g/mol. The summed E-state index contributed by atoms with van der Waals surface area (Å²) in [5, 5.41) is 62.0. The summed E-state index contributed by atoms with van der Waals surface area (Å²) in [7, 11) is 2.67. The molecular weight excluding hydrogens is 560 g/mol. The number of fused-ring (bicyclic) bond motifs is 1. The number of benzene rings is 2. The Morgan fingerprint density at radius 2 is 1.45 bits per heavy atom. The fourth-order valence-corrected chi connectivity index (χ4v) is 4.86. The highest BCUT2D eigenvalue weighted by molar-refractivity contribution is 5.86. The Kier molecular flexibility index (Phi) is 8.71. The first-order chi connectivity index (χ1) is 20.0. The molecule has 10 atom stereocenters. The van der Waals surface area contributed by atoms with E-state index in [1.165, 1.54) is 51.5 Å². The quantitative estimate of drug-likeness (QED) is 0.210. The first-order valence-electron chi connectivity index (χ1n) is 13.0. The summed E-state index contributed by atoms with van der Waals surface area (Å²) in [5.74, 6) is 0.456. The molecule has 2 fully saturated rings. The summed E-state index contributed by atoms with van der Waals surface area (Å²) in [6.45, 7) is 1.46. The number of rotatable bonds is 7. The molecular formula is C28H32O14. The van der Waals surface area contributed by atoms with Crippen molar-refractivity contribution in [1.82, 2.24) is 0 Å². The molecule has 228 valence electrons. The van der Waals surface area contributed by atoms with Gasteiger partial charge in [-0.05, 0) is 31.2 Å². The molecule has 1 aromatic heterocycles. The second-order valence-electron chi connectivity index (χ2n) is 10.0. The Labute approximate surface area is 238 Å². The number of aliphatic hydroxyl groups excluding tert-OH is 5. The van der Waals surface area contributed by atoms with Gasteiger partial charge in [-0.25, -0.2) is 0 Å². The van der Waals surface area contributed by atoms with E-state index in [9.17, 15) is 35.4 Å². The summed E-state index contributed by atoms with van der Waals surface area (Å²) >= 11 is 0. The molecule has 0 amide bonds. The Hall–Kier alpha value is -3.31. The van der Waals surface area contributed by atoms with Gasteiger partial charge in [-0.3, -0.25) is 4.79 Å². The number of hydrogen-bond donors (Lipinski definition) is 6. The molecule has 0 saturated carbocycles. The van der Waals surface area contributed by atoms with Gasteiger partial charge in [0.1, 0.15) is 64.5 Å². The van der Waals surface area contributed by atoms with E-state index in [1.54, 1.807) is 12.1 Å². The van der Waals surface area contributed by atoms with Crippen LogP contribution in [0, 0.1) is 0 Å². The molecule has 2 aromatic carbocycles. The lowest BCUT2D eigenvalue weighted by atomic mass is 9.99. The number of phenolic OH excluding ortho intramolecular Hbond substituents is 1. The first-order valence-corrected chi connectivity index (χ1v) is 13.0. The molecule has 2 saturated heterocycles. The van der Waals surface area contributed by atoms with Gasteiger partial charge < -0.3 is 63.5 Å². The predicted octanol–water partition coefficient (Wildman–Crippen LogP) is -0.184. The lowest BCUT2D eigenvalue weighted by Gasteiger charge is -2.45. The molecule has 0 bridgehead atoms. The van der Waals surface area contributed by atoms with Crippen LogP contribution in [-0.4, -0.2) is 106 Å². The van der Waals surface area contributed by atoms with Gasteiger partial charge in [0.05, 0.1) is 13.2 Å². The van der Waals surface area contributed by atoms with Crippen molar-refractivity contribution < 1.29 is 63.5 Å². The molecule has 5 rings (SSSR count). The highest BCUT2D eigenvalue weighted by Gasteiger charge is 2.51. The molecule has 6 N–H and O–H groups in total. The molecule has 0 aliphatic carbocycles. The van der Waals surface area contributed by atoms with Crippen molar-refractivity contribution >= 4 is 11.0 Å². The first kappa shape index (κ1) is 30.2. The van der Waals surface area contributed by atoms with Gasteiger partial charge in [0.25, 0.3) is 0 Å². The summed E-state index contributed by atoms with van der Waals surface area (Å²) in [6.07, 6.45) is -14.4. The molecule has 2 aliphatic rings.